The monoisotopic (exact) mass is 274 g/mol. The molecule has 0 N–H and O–H groups in total. The summed E-state index contributed by atoms with van der Waals surface area (Å²) in [5.74, 6) is 1.08. The number of hydrogen-bond donors (Lipinski definition) is 0. The maximum Gasteiger partial charge on any atom is 0.220 e. The molecule has 1 heterocycles. The molecular weight excluding hydrogens is 268 g/mol. The second-order valence-electron chi connectivity index (χ2n) is 3.01. The lowest BCUT2D eigenvalue weighted by Crippen LogP contribution is -1.90. The van der Waals surface area contributed by atoms with Crippen LogP contribution in [0, 0.1) is 11.3 Å². The third-order valence-corrected chi connectivity index (χ3v) is 2.54. The molecule has 4 heteroatoms. The molecule has 1 aromatic heterocycles. The first-order valence-electron chi connectivity index (χ1n) is 4.59. The molecule has 16 heavy (non-hydrogen) atoms. The Labute approximate surface area is 101 Å². The minimum absolute atomic E-state index is 0.338. The predicted molar refractivity (Wildman–Crippen MR) is 63.2 cm³/mol. The number of pyridine rings is 1. The minimum Gasteiger partial charge on any atom is -0.438 e. The van der Waals surface area contributed by atoms with E-state index in [1.807, 2.05) is 30.3 Å². The van der Waals surface area contributed by atoms with Gasteiger partial charge >= 0.3 is 0 Å². The Balaban J connectivity index is 2.28. The fourth-order valence-electron chi connectivity index (χ4n) is 1.17. The van der Waals surface area contributed by atoms with Crippen molar-refractivity contribution in [1.29, 1.82) is 5.26 Å². The highest BCUT2D eigenvalue weighted by Crippen LogP contribution is 2.27. The van der Waals surface area contributed by atoms with Gasteiger partial charge in [0.25, 0.3) is 0 Å². The molecule has 0 aliphatic heterocycles. The Morgan fingerprint density at radius 1 is 1.12 bits per heavy atom. The Morgan fingerprint density at radius 2 is 1.94 bits per heavy atom. The van der Waals surface area contributed by atoms with Crippen LogP contribution in [0.25, 0.3) is 0 Å². The largest absolute Gasteiger partial charge is 0.438 e. The third-order valence-electron chi connectivity index (χ3n) is 1.89. The molecule has 0 bridgehead atoms. The van der Waals surface area contributed by atoms with Gasteiger partial charge < -0.3 is 4.74 Å². The van der Waals surface area contributed by atoms with Crippen LogP contribution in [-0.2, 0) is 0 Å². The van der Waals surface area contributed by atoms with Crippen molar-refractivity contribution >= 4 is 15.9 Å². The maximum absolute atomic E-state index is 8.71. The first-order chi connectivity index (χ1) is 7.79. The summed E-state index contributed by atoms with van der Waals surface area (Å²) in [5.41, 5.74) is 0.338. The van der Waals surface area contributed by atoms with E-state index in [0.717, 1.165) is 4.47 Å². The van der Waals surface area contributed by atoms with E-state index in [2.05, 4.69) is 20.9 Å². The van der Waals surface area contributed by atoms with Crippen molar-refractivity contribution in [2.45, 2.75) is 0 Å². The highest BCUT2D eigenvalue weighted by Gasteiger charge is 2.03. The van der Waals surface area contributed by atoms with Crippen LogP contribution in [0.2, 0.25) is 0 Å². The fraction of sp³-hybridized carbons (Fsp3) is 0. The maximum atomic E-state index is 8.71. The van der Waals surface area contributed by atoms with Crippen LogP contribution < -0.4 is 4.74 Å². The van der Waals surface area contributed by atoms with Gasteiger partial charge in [-0.05, 0) is 34.1 Å². The SMILES string of the molecule is N#Cc1cccc(Oc2ccccc2Br)n1. The Hall–Kier alpha value is -1.86. The highest BCUT2D eigenvalue weighted by atomic mass is 79.9. The molecule has 78 valence electrons. The van der Waals surface area contributed by atoms with Crippen LogP contribution in [0.4, 0.5) is 0 Å². The van der Waals surface area contributed by atoms with Crippen LogP contribution >= 0.6 is 15.9 Å². The van der Waals surface area contributed by atoms with Crippen LogP contribution in [-0.4, -0.2) is 4.98 Å². The molecule has 2 aromatic rings. The lowest BCUT2D eigenvalue weighted by Gasteiger charge is -2.05. The molecule has 0 radical (unpaired) electrons. The Kier molecular flexibility index (Phi) is 3.18. The van der Waals surface area contributed by atoms with Crippen molar-refractivity contribution in [2.24, 2.45) is 0 Å². The smallest absolute Gasteiger partial charge is 0.220 e. The number of hydrogen-bond acceptors (Lipinski definition) is 3. The summed E-state index contributed by atoms with van der Waals surface area (Å²) in [6.07, 6.45) is 0. The molecule has 0 saturated heterocycles. The van der Waals surface area contributed by atoms with E-state index in [-0.39, 0.29) is 0 Å². The lowest BCUT2D eigenvalue weighted by molar-refractivity contribution is 0.459. The van der Waals surface area contributed by atoms with E-state index in [9.17, 15) is 0 Å². The summed E-state index contributed by atoms with van der Waals surface area (Å²) < 4.78 is 6.39. The standard InChI is InChI=1S/C12H7BrN2O/c13-10-5-1-2-6-11(10)16-12-7-3-4-9(8-14)15-12/h1-7H. The third kappa shape index (κ3) is 2.38. The van der Waals surface area contributed by atoms with Gasteiger partial charge in [0.15, 0.2) is 0 Å². The van der Waals surface area contributed by atoms with Crippen molar-refractivity contribution in [3.05, 3.63) is 52.6 Å². The summed E-state index contributed by atoms with van der Waals surface area (Å²) in [7, 11) is 0. The fourth-order valence-corrected chi connectivity index (χ4v) is 1.54. The number of benzene rings is 1. The van der Waals surface area contributed by atoms with Gasteiger partial charge in [0.1, 0.15) is 17.5 Å². The zero-order valence-electron chi connectivity index (χ0n) is 8.22. The van der Waals surface area contributed by atoms with Gasteiger partial charge in [0, 0.05) is 6.07 Å². The molecule has 0 aliphatic carbocycles. The van der Waals surface area contributed by atoms with Gasteiger partial charge in [0.2, 0.25) is 5.88 Å². The summed E-state index contributed by atoms with van der Waals surface area (Å²) in [6, 6.07) is 14.5. The first kappa shape index (κ1) is 10.7. The minimum atomic E-state index is 0.338. The zero-order valence-corrected chi connectivity index (χ0v) is 9.81. The number of nitriles is 1. The van der Waals surface area contributed by atoms with Gasteiger partial charge in [0.05, 0.1) is 4.47 Å². The predicted octanol–water partition coefficient (Wildman–Crippen LogP) is 3.51. The summed E-state index contributed by atoms with van der Waals surface area (Å²) in [6.45, 7) is 0. The Bertz CT molecular complexity index is 549. The van der Waals surface area contributed by atoms with Crippen molar-refractivity contribution in [3.63, 3.8) is 0 Å². The number of nitrogens with zero attached hydrogens (tertiary/aromatic N) is 2. The van der Waals surface area contributed by atoms with Crippen molar-refractivity contribution in [2.75, 3.05) is 0 Å². The van der Waals surface area contributed by atoms with E-state index in [1.165, 1.54) is 0 Å². The van der Waals surface area contributed by atoms with E-state index < -0.39 is 0 Å². The molecule has 0 fully saturated rings. The number of para-hydroxylation sites is 1. The topological polar surface area (TPSA) is 45.9 Å². The molecule has 1 aromatic carbocycles. The normalized spacial score (nSPS) is 9.50. The van der Waals surface area contributed by atoms with E-state index in [0.29, 0.717) is 17.3 Å². The molecule has 0 saturated carbocycles. The zero-order chi connectivity index (χ0) is 11.4. The van der Waals surface area contributed by atoms with Crippen LogP contribution in [0.15, 0.2) is 46.9 Å². The van der Waals surface area contributed by atoms with Gasteiger partial charge in [-0.3, -0.25) is 0 Å². The van der Waals surface area contributed by atoms with Gasteiger partial charge in [-0.25, -0.2) is 4.98 Å². The molecule has 0 unspecified atom stereocenters. The van der Waals surface area contributed by atoms with Crippen molar-refractivity contribution < 1.29 is 4.74 Å². The van der Waals surface area contributed by atoms with E-state index >= 15 is 0 Å². The number of halogens is 1. The number of ether oxygens (including phenoxy) is 1. The molecule has 2 rings (SSSR count). The average Bonchev–Trinajstić information content (AvgIpc) is 2.32. The molecule has 0 amide bonds. The second-order valence-corrected chi connectivity index (χ2v) is 3.86. The Morgan fingerprint density at radius 3 is 2.69 bits per heavy atom. The first-order valence-corrected chi connectivity index (χ1v) is 5.38. The number of aromatic nitrogens is 1. The molecule has 3 nitrogen and oxygen atoms in total. The van der Waals surface area contributed by atoms with Crippen molar-refractivity contribution in [3.8, 4) is 17.7 Å². The van der Waals surface area contributed by atoms with E-state index in [4.69, 9.17) is 10.00 Å². The lowest BCUT2D eigenvalue weighted by atomic mass is 10.3. The van der Waals surface area contributed by atoms with Crippen LogP contribution in [0.5, 0.6) is 11.6 Å². The quantitative estimate of drug-likeness (QED) is 0.842. The molecular formula is C12H7BrN2O. The molecule has 0 atom stereocenters. The molecule has 0 aliphatic rings. The van der Waals surface area contributed by atoms with Crippen LogP contribution in [0.3, 0.4) is 0 Å². The van der Waals surface area contributed by atoms with Gasteiger partial charge in [-0.1, -0.05) is 18.2 Å². The summed E-state index contributed by atoms with van der Waals surface area (Å²) in [4.78, 5) is 4.02. The average molecular weight is 275 g/mol. The van der Waals surface area contributed by atoms with Crippen molar-refractivity contribution in [1.82, 2.24) is 4.98 Å². The second kappa shape index (κ2) is 4.77. The van der Waals surface area contributed by atoms with Gasteiger partial charge in [-0.15, -0.1) is 0 Å². The van der Waals surface area contributed by atoms with E-state index in [1.54, 1.807) is 18.2 Å². The van der Waals surface area contributed by atoms with Gasteiger partial charge in [-0.2, -0.15) is 5.26 Å². The highest BCUT2D eigenvalue weighted by molar-refractivity contribution is 9.10. The summed E-state index contributed by atoms with van der Waals surface area (Å²) >= 11 is 3.37. The van der Waals surface area contributed by atoms with Crippen LogP contribution in [0.1, 0.15) is 5.69 Å². The summed E-state index contributed by atoms with van der Waals surface area (Å²) in [5, 5.41) is 8.71. The molecule has 0 spiro atoms. The number of rotatable bonds is 2.